The van der Waals surface area contributed by atoms with E-state index in [1.54, 1.807) is 23.9 Å². The molecule has 0 spiro atoms. The highest BCUT2D eigenvalue weighted by Crippen LogP contribution is 2.18. The van der Waals surface area contributed by atoms with Crippen LogP contribution in [0.15, 0.2) is 0 Å². The Morgan fingerprint density at radius 2 is 1.61 bits per heavy atom. The molecule has 2 saturated heterocycles. The first-order chi connectivity index (χ1) is 10.7. The SMILES string of the molecule is CN(C)C(=O)N1CCC(NC2CN(C(=O)OC(C)(C)C)C2)CC1. The summed E-state index contributed by atoms with van der Waals surface area (Å²) in [4.78, 5) is 29.0. The van der Waals surface area contributed by atoms with Crippen LogP contribution < -0.4 is 5.32 Å². The smallest absolute Gasteiger partial charge is 0.410 e. The van der Waals surface area contributed by atoms with Gasteiger partial charge < -0.3 is 24.8 Å². The molecule has 0 atom stereocenters. The van der Waals surface area contributed by atoms with Crippen molar-refractivity contribution in [2.75, 3.05) is 40.3 Å². The number of urea groups is 1. The minimum Gasteiger partial charge on any atom is -0.444 e. The normalized spacial score (nSPS) is 20.2. The lowest BCUT2D eigenvalue weighted by molar-refractivity contribution is 0.00326. The number of carbonyl (C=O) groups excluding carboxylic acids is 2. The zero-order valence-corrected chi connectivity index (χ0v) is 15.0. The van der Waals surface area contributed by atoms with E-state index in [0.717, 1.165) is 25.9 Å². The lowest BCUT2D eigenvalue weighted by atomic mass is 10.0. The summed E-state index contributed by atoms with van der Waals surface area (Å²) in [7, 11) is 3.57. The first-order valence-corrected chi connectivity index (χ1v) is 8.36. The van der Waals surface area contributed by atoms with E-state index in [0.29, 0.717) is 25.2 Å². The van der Waals surface area contributed by atoms with E-state index >= 15 is 0 Å². The molecule has 132 valence electrons. The van der Waals surface area contributed by atoms with E-state index in [-0.39, 0.29) is 12.1 Å². The van der Waals surface area contributed by atoms with Gasteiger partial charge in [0.2, 0.25) is 0 Å². The summed E-state index contributed by atoms with van der Waals surface area (Å²) in [6.45, 7) is 8.61. The van der Waals surface area contributed by atoms with Gasteiger partial charge in [0.15, 0.2) is 0 Å². The Kier molecular flexibility index (Phi) is 5.39. The quantitative estimate of drug-likeness (QED) is 0.832. The third-order valence-corrected chi connectivity index (χ3v) is 4.15. The van der Waals surface area contributed by atoms with Crippen molar-refractivity contribution < 1.29 is 14.3 Å². The van der Waals surface area contributed by atoms with Gasteiger partial charge in [-0.15, -0.1) is 0 Å². The van der Waals surface area contributed by atoms with Crippen molar-refractivity contribution in [1.29, 1.82) is 0 Å². The predicted octanol–water partition coefficient (Wildman–Crippen LogP) is 1.34. The minimum atomic E-state index is -0.443. The summed E-state index contributed by atoms with van der Waals surface area (Å²) in [5.74, 6) is 0. The zero-order valence-electron chi connectivity index (χ0n) is 15.0. The van der Waals surface area contributed by atoms with Crippen LogP contribution in [0.25, 0.3) is 0 Å². The number of piperidine rings is 1. The number of rotatable bonds is 2. The van der Waals surface area contributed by atoms with Gasteiger partial charge in [0.1, 0.15) is 5.60 Å². The van der Waals surface area contributed by atoms with E-state index in [2.05, 4.69) is 5.32 Å². The van der Waals surface area contributed by atoms with E-state index in [9.17, 15) is 9.59 Å². The van der Waals surface area contributed by atoms with Gasteiger partial charge in [0.25, 0.3) is 0 Å². The van der Waals surface area contributed by atoms with Crippen molar-refractivity contribution in [3.05, 3.63) is 0 Å². The molecule has 3 amide bonds. The number of carbonyl (C=O) groups is 2. The van der Waals surface area contributed by atoms with E-state index in [4.69, 9.17) is 4.74 Å². The van der Waals surface area contributed by atoms with Crippen LogP contribution in [-0.4, -0.2) is 84.8 Å². The molecule has 0 bridgehead atoms. The maximum Gasteiger partial charge on any atom is 0.410 e. The highest BCUT2D eigenvalue weighted by atomic mass is 16.6. The van der Waals surface area contributed by atoms with E-state index < -0.39 is 5.60 Å². The second-order valence-corrected chi connectivity index (χ2v) is 7.69. The molecule has 1 N–H and O–H groups in total. The Morgan fingerprint density at radius 3 is 2.09 bits per heavy atom. The van der Waals surface area contributed by atoms with Gasteiger partial charge in [-0.3, -0.25) is 0 Å². The van der Waals surface area contributed by atoms with Crippen molar-refractivity contribution in [3.8, 4) is 0 Å². The van der Waals surface area contributed by atoms with Crippen LogP contribution in [-0.2, 0) is 4.74 Å². The Balaban J connectivity index is 1.66. The van der Waals surface area contributed by atoms with Gasteiger partial charge >= 0.3 is 12.1 Å². The lowest BCUT2D eigenvalue weighted by Crippen LogP contribution is -2.63. The molecule has 2 rings (SSSR count). The van der Waals surface area contributed by atoms with Gasteiger partial charge in [-0.1, -0.05) is 0 Å². The molecule has 0 unspecified atom stereocenters. The summed E-state index contributed by atoms with van der Waals surface area (Å²) in [5.41, 5.74) is -0.443. The maximum atomic E-state index is 11.9. The monoisotopic (exact) mass is 326 g/mol. The molecule has 0 aromatic rings. The van der Waals surface area contributed by atoms with Gasteiger partial charge in [-0.05, 0) is 33.6 Å². The van der Waals surface area contributed by atoms with Crippen LogP contribution in [0.5, 0.6) is 0 Å². The van der Waals surface area contributed by atoms with Crippen molar-refractivity contribution in [2.45, 2.75) is 51.3 Å². The number of amides is 3. The number of nitrogens with zero attached hydrogens (tertiary/aromatic N) is 3. The number of hydrogen-bond donors (Lipinski definition) is 1. The molecular formula is C16H30N4O3. The number of hydrogen-bond acceptors (Lipinski definition) is 4. The molecule has 2 heterocycles. The average Bonchev–Trinajstić information content (AvgIpc) is 2.40. The minimum absolute atomic E-state index is 0.0863. The topological polar surface area (TPSA) is 65.1 Å². The third kappa shape index (κ3) is 4.99. The van der Waals surface area contributed by atoms with Crippen molar-refractivity contribution in [3.63, 3.8) is 0 Å². The zero-order chi connectivity index (χ0) is 17.2. The van der Waals surface area contributed by atoms with Gasteiger partial charge in [-0.2, -0.15) is 0 Å². The molecular weight excluding hydrogens is 296 g/mol. The molecule has 2 fully saturated rings. The van der Waals surface area contributed by atoms with Crippen LogP contribution in [0.4, 0.5) is 9.59 Å². The van der Waals surface area contributed by atoms with Gasteiger partial charge in [0, 0.05) is 52.4 Å². The fraction of sp³-hybridized carbons (Fsp3) is 0.875. The molecule has 7 nitrogen and oxygen atoms in total. The van der Waals surface area contributed by atoms with E-state index in [1.807, 2.05) is 25.7 Å². The second kappa shape index (κ2) is 6.95. The number of ether oxygens (including phenoxy) is 1. The highest BCUT2D eigenvalue weighted by molar-refractivity contribution is 5.73. The highest BCUT2D eigenvalue weighted by Gasteiger charge is 2.35. The maximum absolute atomic E-state index is 11.9. The standard InChI is InChI=1S/C16H30N4O3/c1-16(2,3)23-15(22)20-10-13(11-20)17-12-6-8-19(9-7-12)14(21)18(4)5/h12-13,17H,6-11H2,1-5H3. The molecule has 0 aromatic heterocycles. The fourth-order valence-corrected chi connectivity index (χ4v) is 2.91. The van der Waals surface area contributed by atoms with Crippen LogP contribution >= 0.6 is 0 Å². The first-order valence-electron chi connectivity index (χ1n) is 8.36. The summed E-state index contributed by atoms with van der Waals surface area (Å²) < 4.78 is 5.35. The van der Waals surface area contributed by atoms with Crippen molar-refractivity contribution >= 4 is 12.1 Å². The van der Waals surface area contributed by atoms with Gasteiger partial charge in [-0.25, -0.2) is 9.59 Å². The van der Waals surface area contributed by atoms with Crippen LogP contribution in [0.1, 0.15) is 33.6 Å². The Labute approximate surface area is 138 Å². The second-order valence-electron chi connectivity index (χ2n) is 7.69. The molecule has 0 saturated carbocycles. The Hall–Kier alpha value is -1.50. The first kappa shape index (κ1) is 17.8. The van der Waals surface area contributed by atoms with Crippen LogP contribution in [0.3, 0.4) is 0 Å². The van der Waals surface area contributed by atoms with Crippen molar-refractivity contribution in [2.24, 2.45) is 0 Å². The molecule has 7 heteroatoms. The van der Waals surface area contributed by atoms with Gasteiger partial charge in [0.05, 0.1) is 0 Å². The molecule has 23 heavy (non-hydrogen) atoms. The molecule has 2 aliphatic heterocycles. The molecule has 0 radical (unpaired) electrons. The summed E-state index contributed by atoms with van der Waals surface area (Å²) in [5, 5.41) is 3.59. The predicted molar refractivity (Wildman–Crippen MR) is 88.4 cm³/mol. The van der Waals surface area contributed by atoms with E-state index in [1.165, 1.54) is 0 Å². The lowest BCUT2D eigenvalue weighted by Gasteiger charge is -2.43. The molecule has 2 aliphatic rings. The number of likely N-dealkylation sites (tertiary alicyclic amines) is 2. The molecule has 0 aromatic carbocycles. The Morgan fingerprint density at radius 1 is 1.04 bits per heavy atom. The Bertz CT molecular complexity index is 433. The summed E-state index contributed by atoms with van der Waals surface area (Å²) >= 11 is 0. The average molecular weight is 326 g/mol. The summed E-state index contributed by atoms with van der Waals surface area (Å²) in [6, 6.07) is 0.846. The third-order valence-electron chi connectivity index (χ3n) is 4.15. The fourth-order valence-electron chi connectivity index (χ4n) is 2.91. The van der Waals surface area contributed by atoms with Crippen molar-refractivity contribution in [1.82, 2.24) is 20.0 Å². The summed E-state index contributed by atoms with van der Waals surface area (Å²) in [6.07, 6.45) is 1.69. The molecule has 0 aliphatic carbocycles. The van der Waals surface area contributed by atoms with Crippen LogP contribution in [0, 0.1) is 0 Å². The number of nitrogens with one attached hydrogen (secondary N) is 1. The van der Waals surface area contributed by atoms with Crippen LogP contribution in [0.2, 0.25) is 0 Å². The largest absolute Gasteiger partial charge is 0.444 e.